The third-order valence-corrected chi connectivity index (χ3v) is 7.17. The van der Waals surface area contributed by atoms with E-state index in [1.807, 2.05) is 6.07 Å². The molecule has 4 heteroatoms. The molecule has 1 aromatic rings. The molecule has 26 heavy (non-hydrogen) atoms. The summed E-state index contributed by atoms with van der Waals surface area (Å²) in [5.74, 6) is 1.17. The van der Waals surface area contributed by atoms with Crippen LogP contribution in [0.25, 0.3) is 0 Å². The highest BCUT2D eigenvalue weighted by Gasteiger charge is 2.64. The van der Waals surface area contributed by atoms with Gasteiger partial charge in [0, 0.05) is 24.9 Å². The summed E-state index contributed by atoms with van der Waals surface area (Å²) >= 11 is 0. The normalized spacial score (nSPS) is 36.6. The van der Waals surface area contributed by atoms with Crippen LogP contribution in [-0.2, 0) is 21.5 Å². The molecule has 0 amide bonds. The fraction of sp³-hybridized carbons (Fsp3) is 0.636. The molecular weight excluding hydrogens is 324 g/mol. The van der Waals surface area contributed by atoms with Crippen molar-refractivity contribution < 1.29 is 9.53 Å². The maximum absolute atomic E-state index is 13.9. The Morgan fingerprint density at radius 2 is 1.92 bits per heavy atom. The Balaban J connectivity index is 1.89. The first-order valence-corrected chi connectivity index (χ1v) is 9.93. The van der Waals surface area contributed by atoms with Gasteiger partial charge in [-0.2, -0.15) is 0 Å². The highest BCUT2D eigenvalue weighted by atomic mass is 16.5. The van der Waals surface area contributed by atoms with Gasteiger partial charge in [0.05, 0.1) is 11.9 Å². The summed E-state index contributed by atoms with van der Waals surface area (Å²) in [4.78, 5) is 18.9. The molecule has 1 aromatic carbocycles. The first-order valence-electron chi connectivity index (χ1n) is 9.93. The second-order valence-corrected chi connectivity index (χ2v) is 8.78. The molecule has 1 saturated carbocycles. The number of nitrogens with two attached hydrogens (primary N) is 1. The second kappa shape index (κ2) is 6.19. The number of fused-ring (bicyclic) bond motifs is 3. The molecule has 2 atom stereocenters. The summed E-state index contributed by atoms with van der Waals surface area (Å²) in [7, 11) is 1.79. The first-order chi connectivity index (χ1) is 12.4. The van der Waals surface area contributed by atoms with Crippen molar-refractivity contribution in [3.63, 3.8) is 0 Å². The monoisotopic (exact) mass is 354 g/mol. The topological polar surface area (TPSA) is 64.7 Å². The van der Waals surface area contributed by atoms with Crippen LogP contribution in [0.1, 0.15) is 57.1 Å². The van der Waals surface area contributed by atoms with Crippen LogP contribution in [0.15, 0.2) is 29.3 Å². The lowest BCUT2D eigenvalue weighted by Crippen LogP contribution is -2.56. The number of ether oxygens (including phenoxy) is 1. The third-order valence-electron chi connectivity index (χ3n) is 7.17. The van der Waals surface area contributed by atoms with E-state index in [-0.39, 0.29) is 17.3 Å². The molecule has 1 aliphatic heterocycles. The molecule has 2 aliphatic carbocycles. The van der Waals surface area contributed by atoms with Crippen LogP contribution in [0.4, 0.5) is 0 Å². The Kier molecular flexibility index (Phi) is 4.22. The van der Waals surface area contributed by atoms with Crippen molar-refractivity contribution in [3.05, 3.63) is 35.4 Å². The standard InChI is InChI=1S/C22H30N2O2/c1-14(2)17-12-19(23)24-22(20(17)25)18-7-5-4-6-15(18)13-21(22)10-8-16(26-3)9-11-21/h4-7,14,16-17H,8-13H2,1-3H3,(H2,23,24). The van der Waals surface area contributed by atoms with Gasteiger partial charge in [0.25, 0.3) is 0 Å². The maximum Gasteiger partial charge on any atom is 0.169 e. The summed E-state index contributed by atoms with van der Waals surface area (Å²) in [6, 6.07) is 8.40. The van der Waals surface area contributed by atoms with Crippen LogP contribution >= 0.6 is 0 Å². The molecule has 2 spiro atoms. The number of ketones is 1. The Bertz CT molecular complexity index is 746. The fourth-order valence-electron chi connectivity index (χ4n) is 5.74. The second-order valence-electron chi connectivity index (χ2n) is 8.78. The number of amidine groups is 1. The smallest absolute Gasteiger partial charge is 0.169 e. The molecule has 0 saturated heterocycles. The predicted octanol–water partition coefficient (Wildman–Crippen LogP) is 3.62. The van der Waals surface area contributed by atoms with Crippen LogP contribution in [-0.4, -0.2) is 24.8 Å². The highest BCUT2D eigenvalue weighted by molar-refractivity contribution is 6.02. The molecule has 0 radical (unpaired) electrons. The molecule has 3 aliphatic rings. The van der Waals surface area contributed by atoms with E-state index in [4.69, 9.17) is 15.5 Å². The zero-order chi connectivity index (χ0) is 18.5. The Labute approximate surface area is 156 Å². The van der Waals surface area contributed by atoms with E-state index in [2.05, 4.69) is 32.0 Å². The summed E-state index contributed by atoms with van der Waals surface area (Å²) in [6.07, 6.45) is 5.72. The minimum absolute atomic E-state index is 0.0457. The Morgan fingerprint density at radius 1 is 1.23 bits per heavy atom. The number of rotatable bonds is 2. The number of benzene rings is 1. The van der Waals surface area contributed by atoms with E-state index < -0.39 is 5.54 Å². The number of hydrogen-bond acceptors (Lipinski definition) is 4. The van der Waals surface area contributed by atoms with E-state index in [1.54, 1.807) is 7.11 Å². The van der Waals surface area contributed by atoms with Crippen LogP contribution in [0.2, 0.25) is 0 Å². The minimum atomic E-state index is -0.792. The molecule has 2 N–H and O–H groups in total. The lowest BCUT2D eigenvalue weighted by molar-refractivity contribution is -0.137. The highest BCUT2D eigenvalue weighted by Crippen LogP contribution is 2.62. The average Bonchev–Trinajstić information content (AvgIpc) is 2.89. The largest absolute Gasteiger partial charge is 0.387 e. The van der Waals surface area contributed by atoms with Gasteiger partial charge in [-0.05, 0) is 49.1 Å². The lowest BCUT2D eigenvalue weighted by Gasteiger charge is -2.50. The van der Waals surface area contributed by atoms with Crippen molar-refractivity contribution >= 4 is 11.6 Å². The summed E-state index contributed by atoms with van der Waals surface area (Å²) in [6.45, 7) is 4.26. The van der Waals surface area contributed by atoms with Crippen LogP contribution in [0.5, 0.6) is 0 Å². The van der Waals surface area contributed by atoms with Crippen molar-refractivity contribution in [2.45, 2.75) is 64.0 Å². The quantitative estimate of drug-likeness (QED) is 0.882. The predicted molar refractivity (Wildman–Crippen MR) is 103 cm³/mol. The maximum atomic E-state index is 13.9. The number of carbonyl (C=O) groups is 1. The number of nitrogens with zero attached hydrogens (tertiary/aromatic N) is 1. The van der Waals surface area contributed by atoms with Crippen LogP contribution in [0, 0.1) is 17.3 Å². The Morgan fingerprint density at radius 3 is 2.58 bits per heavy atom. The van der Waals surface area contributed by atoms with Gasteiger partial charge in [-0.15, -0.1) is 0 Å². The van der Waals surface area contributed by atoms with E-state index in [9.17, 15) is 4.79 Å². The van der Waals surface area contributed by atoms with Crippen molar-refractivity contribution in [3.8, 4) is 0 Å². The number of carbonyl (C=O) groups excluding carboxylic acids is 1. The SMILES string of the molecule is COC1CCC2(CC1)Cc1ccccc1C21N=C(N)CC(C(C)C)C1=O. The average molecular weight is 354 g/mol. The summed E-state index contributed by atoms with van der Waals surface area (Å²) < 4.78 is 5.61. The molecule has 0 bridgehead atoms. The van der Waals surface area contributed by atoms with Gasteiger partial charge < -0.3 is 10.5 Å². The van der Waals surface area contributed by atoms with E-state index >= 15 is 0 Å². The van der Waals surface area contributed by atoms with Gasteiger partial charge >= 0.3 is 0 Å². The van der Waals surface area contributed by atoms with E-state index in [1.165, 1.54) is 5.56 Å². The number of Topliss-reactive ketones (excluding diaryl/α,β-unsaturated/α-hetero) is 1. The molecule has 140 valence electrons. The number of hydrogen-bond donors (Lipinski definition) is 1. The fourth-order valence-corrected chi connectivity index (χ4v) is 5.74. The van der Waals surface area contributed by atoms with E-state index in [0.717, 1.165) is 37.7 Å². The van der Waals surface area contributed by atoms with Gasteiger partial charge in [0.2, 0.25) is 0 Å². The van der Waals surface area contributed by atoms with Gasteiger partial charge in [0.15, 0.2) is 11.3 Å². The van der Waals surface area contributed by atoms with Crippen LogP contribution in [0.3, 0.4) is 0 Å². The van der Waals surface area contributed by atoms with Gasteiger partial charge in [-0.25, -0.2) is 0 Å². The van der Waals surface area contributed by atoms with Gasteiger partial charge in [-0.3, -0.25) is 9.79 Å². The molecule has 4 nitrogen and oxygen atoms in total. The summed E-state index contributed by atoms with van der Waals surface area (Å²) in [5, 5.41) is 0. The zero-order valence-corrected chi connectivity index (χ0v) is 16.1. The van der Waals surface area contributed by atoms with Crippen molar-refractivity contribution in [1.29, 1.82) is 0 Å². The van der Waals surface area contributed by atoms with Gasteiger partial charge in [-0.1, -0.05) is 38.1 Å². The molecule has 4 rings (SSSR count). The molecule has 0 aromatic heterocycles. The molecule has 2 unspecified atom stereocenters. The molecule has 1 fully saturated rings. The Hall–Kier alpha value is -1.68. The first kappa shape index (κ1) is 17.7. The third kappa shape index (κ3) is 2.31. The van der Waals surface area contributed by atoms with Crippen LogP contribution < -0.4 is 5.73 Å². The lowest BCUT2D eigenvalue weighted by atomic mass is 9.57. The van der Waals surface area contributed by atoms with Crippen molar-refractivity contribution in [2.24, 2.45) is 28.0 Å². The zero-order valence-electron chi connectivity index (χ0n) is 16.1. The number of aliphatic imine (C=N–C) groups is 1. The van der Waals surface area contributed by atoms with Crippen molar-refractivity contribution in [1.82, 2.24) is 0 Å². The molecule has 1 heterocycles. The minimum Gasteiger partial charge on any atom is -0.387 e. The molecular formula is C22H30N2O2. The van der Waals surface area contributed by atoms with E-state index in [0.29, 0.717) is 24.1 Å². The number of methoxy groups -OCH3 is 1. The van der Waals surface area contributed by atoms with Gasteiger partial charge in [0.1, 0.15) is 0 Å². The summed E-state index contributed by atoms with van der Waals surface area (Å²) in [5.41, 5.74) is 7.79. The van der Waals surface area contributed by atoms with Crippen molar-refractivity contribution in [2.75, 3.05) is 7.11 Å².